The number of ether oxygens (including phenoxy) is 1. The molecule has 0 saturated carbocycles. The van der Waals surface area contributed by atoms with E-state index in [0.29, 0.717) is 32.2 Å². The number of carbonyl (C=O) groups excluding carboxylic acids is 1. The van der Waals surface area contributed by atoms with Crippen molar-refractivity contribution < 1.29 is 14.6 Å². The summed E-state index contributed by atoms with van der Waals surface area (Å²) in [6.07, 6.45) is 4.11. The van der Waals surface area contributed by atoms with Crippen LogP contribution in [-0.4, -0.2) is 59.2 Å². The van der Waals surface area contributed by atoms with E-state index >= 15 is 0 Å². The molecule has 0 bridgehead atoms. The molecule has 0 radical (unpaired) electrons. The number of rotatable bonds is 11. The Morgan fingerprint density at radius 2 is 2.06 bits per heavy atom. The zero-order chi connectivity index (χ0) is 24.0. The molecule has 1 aliphatic rings. The van der Waals surface area contributed by atoms with Crippen molar-refractivity contribution in [3.05, 3.63) is 77.0 Å². The lowest BCUT2D eigenvalue weighted by Gasteiger charge is -2.37. The highest BCUT2D eigenvalue weighted by Gasteiger charge is 2.33. The molecule has 1 aliphatic heterocycles. The third kappa shape index (κ3) is 6.56. The van der Waals surface area contributed by atoms with Crippen molar-refractivity contribution in [2.24, 2.45) is 0 Å². The third-order valence-electron chi connectivity index (χ3n) is 6.10. The van der Waals surface area contributed by atoms with Crippen molar-refractivity contribution >= 4 is 17.2 Å². The van der Waals surface area contributed by atoms with E-state index in [9.17, 15) is 9.90 Å². The second-order valence-electron chi connectivity index (χ2n) is 9.21. The molecule has 0 aliphatic carbocycles. The number of nitrogens with zero attached hydrogens (tertiary/aromatic N) is 2. The summed E-state index contributed by atoms with van der Waals surface area (Å²) in [7, 11) is 0. The van der Waals surface area contributed by atoms with Gasteiger partial charge in [0.2, 0.25) is 5.91 Å². The Labute approximate surface area is 202 Å². The first kappa shape index (κ1) is 25.2. The van der Waals surface area contributed by atoms with Gasteiger partial charge in [-0.25, -0.2) is 0 Å². The number of fused-ring (bicyclic) bond motifs is 1. The van der Waals surface area contributed by atoms with Gasteiger partial charge in [-0.05, 0) is 54.0 Å². The van der Waals surface area contributed by atoms with Gasteiger partial charge in [-0.15, -0.1) is 24.5 Å². The van der Waals surface area contributed by atoms with Crippen molar-refractivity contribution in [1.29, 1.82) is 0 Å². The molecule has 0 saturated heterocycles. The molecule has 3 rings (SSSR count). The fourth-order valence-electron chi connectivity index (χ4n) is 4.17. The highest BCUT2D eigenvalue weighted by Crippen LogP contribution is 2.34. The van der Waals surface area contributed by atoms with E-state index in [-0.39, 0.29) is 18.5 Å². The van der Waals surface area contributed by atoms with Crippen LogP contribution in [0.15, 0.2) is 61.0 Å². The summed E-state index contributed by atoms with van der Waals surface area (Å²) in [5.74, 6) is 1.31. The number of hydrogen-bond donors (Lipinski definition) is 1. The average molecular weight is 469 g/mol. The van der Waals surface area contributed by atoms with Crippen molar-refractivity contribution in [2.45, 2.75) is 44.8 Å². The van der Waals surface area contributed by atoms with Crippen molar-refractivity contribution in [3.63, 3.8) is 0 Å². The number of hydrogen-bond acceptors (Lipinski definition) is 5. The van der Waals surface area contributed by atoms with Gasteiger partial charge >= 0.3 is 0 Å². The molecule has 2 atom stereocenters. The Morgan fingerprint density at radius 1 is 1.33 bits per heavy atom. The average Bonchev–Trinajstić information content (AvgIpc) is 3.26. The Bertz CT molecular complexity index is 949. The van der Waals surface area contributed by atoms with E-state index in [1.54, 1.807) is 24.3 Å². The zero-order valence-electron chi connectivity index (χ0n) is 20.0. The molecule has 1 aromatic carbocycles. The van der Waals surface area contributed by atoms with Gasteiger partial charge in [0.05, 0.1) is 18.2 Å². The fraction of sp³-hybridized carbons (Fsp3) is 0.444. The van der Waals surface area contributed by atoms with E-state index in [1.165, 1.54) is 22.1 Å². The van der Waals surface area contributed by atoms with Gasteiger partial charge < -0.3 is 14.7 Å². The Hall–Kier alpha value is -2.41. The van der Waals surface area contributed by atoms with E-state index in [1.807, 2.05) is 21.9 Å². The van der Waals surface area contributed by atoms with Gasteiger partial charge in [-0.3, -0.25) is 9.69 Å². The van der Waals surface area contributed by atoms with Crippen LogP contribution in [0.3, 0.4) is 0 Å². The van der Waals surface area contributed by atoms with Crippen LogP contribution in [0.4, 0.5) is 0 Å². The molecule has 2 unspecified atom stereocenters. The van der Waals surface area contributed by atoms with Gasteiger partial charge in [0, 0.05) is 24.5 Å². The molecule has 0 fully saturated rings. The molecule has 2 heterocycles. The summed E-state index contributed by atoms with van der Waals surface area (Å²) in [6.45, 7) is 15.6. The van der Waals surface area contributed by atoms with Crippen LogP contribution in [0, 0.1) is 0 Å². The van der Waals surface area contributed by atoms with E-state index in [2.05, 4.69) is 50.6 Å². The number of benzene rings is 1. The standard InChI is InChI=1S/C27H36N2O3S/c1-6-14-28(19-27(5,31)7-2)17-26(30)29-15-12-25-23(13-16-33-25)24(29)18-32-22-10-8-21(9-11-22)20(3)4/h6-11,13,16,20,24,31H,1-2,12,14-15,17-19H2,3-5H3. The molecule has 1 amide bonds. The second kappa shape index (κ2) is 11.1. The summed E-state index contributed by atoms with van der Waals surface area (Å²) in [5.41, 5.74) is 1.37. The minimum absolute atomic E-state index is 0.0253. The maximum atomic E-state index is 13.4. The lowest BCUT2D eigenvalue weighted by atomic mass is 10.00. The SMILES string of the molecule is C=CCN(CC(=O)N1CCc2sccc2C1COc1ccc(C(C)C)cc1)CC(C)(O)C=C. The minimum atomic E-state index is -1.07. The van der Waals surface area contributed by atoms with Crippen molar-refractivity contribution in [1.82, 2.24) is 9.80 Å². The molecule has 178 valence electrons. The number of carbonyl (C=O) groups is 1. The maximum Gasteiger partial charge on any atom is 0.237 e. The van der Waals surface area contributed by atoms with E-state index in [4.69, 9.17) is 4.74 Å². The fourth-order valence-corrected chi connectivity index (χ4v) is 5.09. The quantitative estimate of drug-likeness (QED) is 0.481. The molecule has 33 heavy (non-hydrogen) atoms. The van der Waals surface area contributed by atoms with Crippen LogP contribution in [0.1, 0.15) is 48.7 Å². The van der Waals surface area contributed by atoms with Gasteiger partial charge in [0.15, 0.2) is 0 Å². The Balaban J connectivity index is 1.74. The molecular formula is C27H36N2O3S. The highest BCUT2D eigenvalue weighted by molar-refractivity contribution is 7.10. The second-order valence-corrected chi connectivity index (χ2v) is 10.2. The van der Waals surface area contributed by atoms with Crippen LogP contribution < -0.4 is 4.74 Å². The number of amides is 1. The lowest BCUT2D eigenvalue weighted by Crippen LogP contribution is -2.49. The van der Waals surface area contributed by atoms with E-state index < -0.39 is 5.60 Å². The Morgan fingerprint density at radius 3 is 2.70 bits per heavy atom. The first-order valence-corrected chi connectivity index (χ1v) is 12.4. The number of thiophene rings is 1. The van der Waals surface area contributed by atoms with Crippen LogP contribution in [0.25, 0.3) is 0 Å². The Kier molecular flexibility index (Phi) is 8.51. The number of aliphatic hydroxyl groups is 1. The summed E-state index contributed by atoms with van der Waals surface area (Å²) in [6, 6.07) is 10.2. The summed E-state index contributed by atoms with van der Waals surface area (Å²) >= 11 is 1.74. The zero-order valence-corrected chi connectivity index (χ0v) is 20.8. The predicted octanol–water partition coefficient (Wildman–Crippen LogP) is 4.80. The molecule has 2 aromatic rings. The molecule has 0 spiro atoms. The van der Waals surface area contributed by atoms with Crippen LogP contribution >= 0.6 is 11.3 Å². The molecule has 5 nitrogen and oxygen atoms in total. The van der Waals surface area contributed by atoms with E-state index in [0.717, 1.165) is 12.2 Å². The van der Waals surface area contributed by atoms with Gasteiger partial charge in [0.25, 0.3) is 0 Å². The molecule has 1 aromatic heterocycles. The van der Waals surface area contributed by atoms with Crippen molar-refractivity contribution in [2.75, 3.05) is 32.8 Å². The summed E-state index contributed by atoms with van der Waals surface area (Å²) < 4.78 is 6.17. The predicted molar refractivity (Wildman–Crippen MR) is 136 cm³/mol. The first-order valence-electron chi connectivity index (χ1n) is 11.5. The monoisotopic (exact) mass is 468 g/mol. The summed E-state index contributed by atoms with van der Waals surface area (Å²) in [5, 5.41) is 12.5. The van der Waals surface area contributed by atoms with Crippen LogP contribution in [0.5, 0.6) is 5.75 Å². The minimum Gasteiger partial charge on any atom is -0.491 e. The maximum absolute atomic E-state index is 13.4. The normalized spacial score (nSPS) is 17.5. The summed E-state index contributed by atoms with van der Waals surface area (Å²) in [4.78, 5) is 18.6. The van der Waals surface area contributed by atoms with Gasteiger partial charge in [0.1, 0.15) is 12.4 Å². The molecule has 6 heteroatoms. The smallest absolute Gasteiger partial charge is 0.237 e. The molecule has 1 N–H and O–H groups in total. The van der Waals surface area contributed by atoms with Gasteiger partial charge in [-0.2, -0.15) is 0 Å². The largest absolute Gasteiger partial charge is 0.491 e. The van der Waals surface area contributed by atoms with Crippen molar-refractivity contribution in [3.8, 4) is 5.75 Å². The molecular weight excluding hydrogens is 432 g/mol. The van der Waals surface area contributed by atoms with Crippen LogP contribution in [-0.2, 0) is 11.2 Å². The van der Waals surface area contributed by atoms with Crippen LogP contribution in [0.2, 0.25) is 0 Å². The first-order chi connectivity index (χ1) is 15.7. The van der Waals surface area contributed by atoms with Gasteiger partial charge in [-0.1, -0.05) is 38.1 Å². The lowest BCUT2D eigenvalue weighted by molar-refractivity contribution is -0.136. The third-order valence-corrected chi connectivity index (χ3v) is 7.10. The highest BCUT2D eigenvalue weighted by atomic mass is 32.1. The topological polar surface area (TPSA) is 53.0 Å².